The number of amides is 1. The predicted octanol–water partition coefficient (Wildman–Crippen LogP) is 3.72. The molecule has 144 valence electrons. The number of halogens is 2. The molecule has 3 N–H and O–H groups in total. The van der Waals surface area contributed by atoms with Crippen LogP contribution in [0.4, 0.5) is 14.5 Å². The summed E-state index contributed by atoms with van der Waals surface area (Å²) in [5.74, 6) is -0.366. The zero-order valence-electron chi connectivity index (χ0n) is 14.6. The van der Waals surface area contributed by atoms with Crippen LogP contribution in [0.2, 0.25) is 0 Å². The number of nitrogens with zero attached hydrogens (tertiary/aromatic N) is 2. The lowest BCUT2D eigenvalue weighted by Crippen LogP contribution is -2.23. The molecule has 2 aromatic heterocycles. The van der Waals surface area contributed by atoms with Gasteiger partial charge in [-0.05, 0) is 37.3 Å². The Hall–Kier alpha value is -3.14. The minimum absolute atomic E-state index is 0.0734. The Labute approximate surface area is 161 Å². The summed E-state index contributed by atoms with van der Waals surface area (Å²) in [6, 6.07) is 11.5. The van der Waals surface area contributed by atoms with E-state index in [-0.39, 0.29) is 16.8 Å². The number of carbonyl (C=O) groups is 1. The highest BCUT2D eigenvalue weighted by molar-refractivity contribution is 8.00. The smallest absolute Gasteiger partial charge is 0.323 e. The first-order chi connectivity index (χ1) is 13.4. The van der Waals surface area contributed by atoms with Gasteiger partial charge in [-0.2, -0.15) is 8.78 Å². The molecule has 0 saturated heterocycles. The van der Waals surface area contributed by atoms with Crippen LogP contribution in [-0.4, -0.2) is 30.7 Å². The van der Waals surface area contributed by atoms with Crippen LogP contribution in [-0.2, 0) is 4.79 Å². The van der Waals surface area contributed by atoms with Crippen molar-refractivity contribution in [3.05, 3.63) is 52.9 Å². The van der Waals surface area contributed by atoms with Crippen LogP contribution in [0.25, 0.3) is 22.1 Å². The molecule has 0 aliphatic heterocycles. The van der Waals surface area contributed by atoms with Gasteiger partial charge in [0, 0.05) is 5.69 Å². The van der Waals surface area contributed by atoms with Gasteiger partial charge in [-0.1, -0.05) is 23.9 Å². The second kappa shape index (κ2) is 7.12. The molecule has 1 atom stereocenters. The van der Waals surface area contributed by atoms with Crippen molar-refractivity contribution < 1.29 is 13.6 Å². The van der Waals surface area contributed by atoms with Crippen LogP contribution in [0.3, 0.4) is 0 Å². The Balaban J connectivity index is 1.55. The zero-order valence-corrected chi connectivity index (χ0v) is 15.4. The number of alkyl halides is 2. The van der Waals surface area contributed by atoms with Gasteiger partial charge < -0.3 is 15.3 Å². The predicted molar refractivity (Wildman–Crippen MR) is 104 cm³/mol. The number of aromatic nitrogens is 4. The minimum atomic E-state index is -2.77. The third-order valence-corrected chi connectivity index (χ3v) is 5.26. The molecule has 0 aliphatic rings. The van der Waals surface area contributed by atoms with Crippen LogP contribution in [0.5, 0.6) is 0 Å². The molecule has 28 heavy (non-hydrogen) atoms. The molecule has 4 aromatic rings. The van der Waals surface area contributed by atoms with Crippen molar-refractivity contribution in [1.29, 1.82) is 0 Å². The number of imidazole rings is 2. The molecule has 0 spiro atoms. The van der Waals surface area contributed by atoms with Crippen molar-refractivity contribution in [2.24, 2.45) is 0 Å². The fourth-order valence-corrected chi connectivity index (χ4v) is 3.78. The Morgan fingerprint density at radius 1 is 1.18 bits per heavy atom. The molecule has 0 radical (unpaired) electrons. The Kier molecular flexibility index (Phi) is 4.63. The van der Waals surface area contributed by atoms with E-state index < -0.39 is 11.8 Å². The van der Waals surface area contributed by atoms with Gasteiger partial charge >= 0.3 is 12.2 Å². The molecule has 10 heteroatoms. The van der Waals surface area contributed by atoms with Gasteiger partial charge in [0.25, 0.3) is 0 Å². The second-order valence-corrected chi connectivity index (χ2v) is 7.43. The normalized spacial score (nSPS) is 12.7. The molecule has 4 rings (SSSR count). The lowest BCUT2D eigenvalue weighted by molar-refractivity contribution is -0.115. The third kappa shape index (κ3) is 3.38. The Bertz CT molecular complexity index is 1230. The monoisotopic (exact) mass is 403 g/mol. The number of benzene rings is 2. The van der Waals surface area contributed by atoms with Gasteiger partial charge in [0.05, 0.1) is 27.3 Å². The second-order valence-electron chi connectivity index (χ2n) is 6.12. The van der Waals surface area contributed by atoms with E-state index in [2.05, 4.69) is 20.3 Å². The number of hydrogen-bond donors (Lipinski definition) is 3. The van der Waals surface area contributed by atoms with E-state index in [4.69, 9.17) is 0 Å². The van der Waals surface area contributed by atoms with Gasteiger partial charge in [-0.15, -0.1) is 0 Å². The van der Waals surface area contributed by atoms with E-state index in [1.54, 1.807) is 49.4 Å². The van der Waals surface area contributed by atoms with E-state index >= 15 is 0 Å². The molecular formula is C18H15F2N5O2S. The number of anilines is 1. The van der Waals surface area contributed by atoms with Crippen LogP contribution in [0, 0.1) is 0 Å². The number of thioether (sulfide) groups is 1. The van der Waals surface area contributed by atoms with Crippen molar-refractivity contribution in [2.45, 2.75) is 23.9 Å². The first kappa shape index (κ1) is 18.2. The standard InChI is InChI=1S/C18H15F2N5O2S/c1-9(15(26)21-10-6-7-11-13(8-10)23-17(27)22-11)28-18-24-12-4-2-3-5-14(12)25(18)16(19)20/h2-9,16H,1H3,(H,21,26)(H2,22,23,27)/t9-/m0/s1. The number of rotatable bonds is 5. The molecule has 2 aromatic carbocycles. The van der Waals surface area contributed by atoms with Crippen molar-refractivity contribution in [1.82, 2.24) is 19.5 Å². The van der Waals surface area contributed by atoms with Crippen molar-refractivity contribution in [2.75, 3.05) is 5.32 Å². The molecule has 0 unspecified atom stereocenters. The largest absolute Gasteiger partial charge is 0.325 e. The average Bonchev–Trinajstić information content (AvgIpc) is 3.19. The minimum Gasteiger partial charge on any atom is -0.325 e. The summed E-state index contributed by atoms with van der Waals surface area (Å²) in [5.41, 5.74) is 2.09. The van der Waals surface area contributed by atoms with Gasteiger partial charge in [-0.25, -0.2) is 9.78 Å². The third-order valence-electron chi connectivity index (χ3n) is 4.19. The summed E-state index contributed by atoms with van der Waals surface area (Å²) in [6.45, 7) is -1.15. The molecule has 0 bridgehead atoms. The Morgan fingerprint density at radius 3 is 2.71 bits per heavy atom. The molecule has 0 aliphatic carbocycles. The highest BCUT2D eigenvalue weighted by Gasteiger charge is 2.23. The van der Waals surface area contributed by atoms with Crippen molar-refractivity contribution in [3.8, 4) is 0 Å². The average molecular weight is 403 g/mol. The fourth-order valence-electron chi connectivity index (χ4n) is 2.86. The quantitative estimate of drug-likeness (QED) is 0.443. The maximum atomic E-state index is 13.5. The van der Waals surface area contributed by atoms with E-state index in [0.717, 1.165) is 16.3 Å². The number of fused-ring (bicyclic) bond motifs is 2. The molecule has 2 heterocycles. The van der Waals surface area contributed by atoms with Gasteiger partial charge in [0.1, 0.15) is 0 Å². The fraction of sp³-hybridized carbons (Fsp3) is 0.167. The summed E-state index contributed by atoms with van der Waals surface area (Å²) in [5, 5.41) is 2.13. The van der Waals surface area contributed by atoms with Crippen LogP contribution in [0.1, 0.15) is 13.5 Å². The van der Waals surface area contributed by atoms with E-state index in [1.165, 1.54) is 0 Å². The van der Waals surface area contributed by atoms with Crippen LogP contribution < -0.4 is 11.0 Å². The number of carbonyl (C=O) groups excluding carboxylic acids is 1. The summed E-state index contributed by atoms with van der Waals surface area (Å²) >= 11 is 0.955. The summed E-state index contributed by atoms with van der Waals surface area (Å²) < 4.78 is 27.9. The van der Waals surface area contributed by atoms with Crippen LogP contribution >= 0.6 is 11.8 Å². The number of para-hydroxylation sites is 2. The van der Waals surface area contributed by atoms with Crippen molar-refractivity contribution >= 4 is 45.4 Å². The molecule has 1 amide bonds. The lowest BCUT2D eigenvalue weighted by atomic mass is 10.2. The number of hydrogen-bond acceptors (Lipinski definition) is 4. The number of H-pyrrole nitrogens is 2. The zero-order chi connectivity index (χ0) is 19.8. The highest BCUT2D eigenvalue weighted by Crippen LogP contribution is 2.31. The van der Waals surface area contributed by atoms with E-state index in [1.807, 2.05) is 0 Å². The van der Waals surface area contributed by atoms with Crippen molar-refractivity contribution in [3.63, 3.8) is 0 Å². The highest BCUT2D eigenvalue weighted by atomic mass is 32.2. The Morgan fingerprint density at radius 2 is 1.93 bits per heavy atom. The number of aromatic amines is 2. The maximum Gasteiger partial charge on any atom is 0.323 e. The molecular weight excluding hydrogens is 388 g/mol. The lowest BCUT2D eigenvalue weighted by Gasteiger charge is -2.13. The molecule has 0 saturated carbocycles. The summed E-state index contributed by atoms with van der Waals surface area (Å²) in [6.07, 6.45) is 0. The number of nitrogens with one attached hydrogen (secondary N) is 3. The molecule has 7 nitrogen and oxygen atoms in total. The van der Waals surface area contributed by atoms with E-state index in [0.29, 0.717) is 27.8 Å². The first-order valence-electron chi connectivity index (χ1n) is 8.37. The SMILES string of the molecule is C[C@H](Sc1nc2ccccc2n1C(F)F)C(=O)Nc1ccc2[nH]c(=O)[nH]c2c1. The topological polar surface area (TPSA) is 95.6 Å². The van der Waals surface area contributed by atoms with Gasteiger partial charge in [-0.3, -0.25) is 9.36 Å². The van der Waals surface area contributed by atoms with Crippen LogP contribution in [0.15, 0.2) is 52.4 Å². The van der Waals surface area contributed by atoms with Gasteiger partial charge in [0.2, 0.25) is 5.91 Å². The molecule has 0 fully saturated rings. The maximum absolute atomic E-state index is 13.5. The summed E-state index contributed by atoms with van der Waals surface area (Å²) in [4.78, 5) is 33.3. The summed E-state index contributed by atoms with van der Waals surface area (Å²) in [7, 11) is 0. The van der Waals surface area contributed by atoms with E-state index in [9.17, 15) is 18.4 Å². The first-order valence-corrected chi connectivity index (χ1v) is 9.25. The van der Waals surface area contributed by atoms with Gasteiger partial charge in [0.15, 0.2) is 5.16 Å².